The molecule has 2 aliphatic rings. The predicted molar refractivity (Wildman–Crippen MR) is 157 cm³/mol. The second-order valence-corrected chi connectivity index (χ2v) is 12.6. The van der Waals surface area contributed by atoms with Crippen molar-refractivity contribution in [3.63, 3.8) is 0 Å². The maximum atomic E-state index is 13.8. The molecule has 0 saturated carbocycles. The van der Waals surface area contributed by atoms with Crippen LogP contribution in [0.25, 0.3) is 0 Å². The van der Waals surface area contributed by atoms with Crippen LogP contribution in [0.4, 0.5) is 26.0 Å². The molecular formula is C28H29F2N9O4S. The van der Waals surface area contributed by atoms with E-state index in [4.69, 9.17) is 0 Å². The molecule has 0 atom stereocenters. The van der Waals surface area contributed by atoms with Crippen molar-refractivity contribution in [1.29, 1.82) is 0 Å². The largest absolute Gasteiger partial charge is 0.369 e. The molecule has 230 valence electrons. The molecule has 2 amide bonds. The molecule has 2 aliphatic heterocycles. The van der Waals surface area contributed by atoms with Crippen LogP contribution in [0.2, 0.25) is 0 Å². The van der Waals surface area contributed by atoms with Gasteiger partial charge in [-0.05, 0) is 37.4 Å². The van der Waals surface area contributed by atoms with Crippen molar-refractivity contribution in [1.82, 2.24) is 29.6 Å². The van der Waals surface area contributed by atoms with Gasteiger partial charge in [0, 0.05) is 74.9 Å². The standard InChI is InChI=1S/C28H29F2N9O4S/c1-37-6-8-38(9-7-37)20-2-3-22(25(13-20)33-27(40)17-14-31-32-15-17)28(41)34-26-23-16-39(5-4-24(23)35-36-26)44(42,43)21-11-18(29)10-19(30)12-21/h2-3,10-15H,4-9,16H2,1H3,(H,31,32)(H,33,40)(H2,34,35,36,41). The van der Waals surface area contributed by atoms with Gasteiger partial charge in [-0.3, -0.25) is 19.8 Å². The zero-order valence-corrected chi connectivity index (χ0v) is 24.4. The number of fused-ring (bicyclic) bond motifs is 1. The van der Waals surface area contributed by atoms with Crippen molar-refractivity contribution >= 4 is 39.0 Å². The molecular weight excluding hydrogens is 596 g/mol. The Labute approximate surface area is 251 Å². The highest BCUT2D eigenvalue weighted by atomic mass is 32.2. The van der Waals surface area contributed by atoms with Crippen molar-refractivity contribution in [2.24, 2.45) is 0 Å². The van der Waals surface area contributed by atoms with Crippen LogP contribution in [0.1, 0.15) is 32.0 Å². The number of nitrogens with zero attached hydrogens (tertiary/aromatic N) is 5. The summed E-state index contributed by atoms with van der Waals surface area (Å²) in [6.07, 6.45) is 3.04. The quantitative estimate of drug-likeness (QED) is 0.244. The van der Waals surface area contributed by atoms with Crippen LogP contribution in [-0.4, -0.2) is 89.6 Å². The molecule has 1 fully saturated rings. The summed E-state index contributed by atoms with van der Waals surface area (Å²) in [4.78, 5) is 30.4. The number of hydrogen-bond donors (Lipinski definition) is 4. The van der Waals surface area contributed by atoms with Crippen LogP contribution >= 0.6 is 0 Å². The van der Waals surface area contributed by atoms with Gasteiger partial charge in [0.15, 0.2) is 5.82 Å². The first-order valence-corrected chi connectivity index (χ1v) is 15.2. The van der Waals surface area contributed by atoms with E-state index in [1.54, 1.807) is 18.2 Å². The number of halogens is 2. The lowest BCUT2D eigenvalue weighted by atomic mass is 10.1. The normalized spacial score (nSPS) is 16.0. The number of piperazine rings is 1. The molecule has 44 heavy (non-hydrogen) atoms. The van der Waals surface area contributed by atoms with Gasteiger partial charge in [0.25, 0.3) is 11.8 Å². The summed E-state index contributed by atoms with van der Waals surface area (Å²) < 4.78 is 55.1. The fourth-order valence-electron chi connectivity index (χ4n) is 5.24. The van der Waals surface area contributed by atoms with Crippen molar-refractivity contribution < 1.29 is 26.8 Å². The van der Waals surface area contributed by atoms with Gasteiger partial charge in [-0.2, -0.15) is 14.5 Å². The van der Waals surface area contributed by atoms with Gasteiger partial charge < -0.3 is 20.4 Å². The number of carbonyl (C=O) groups is 2. The number of carbonyl (C=O) groups excluding carboxylic acids is 2. The third-order valence-electron chi connectivity index (χ3n) is 7.73. The Morgan fingerprint density at radius 1 is 0.955 bits per heavy atom. The first kappa shape index (κ1) is 29.4. The number of benzene rings is 2. The van der Waals surface area contributed by atoms with E-state index >= 15 is 0 Å². The van der Waals surface area contributed by atoms with E-state index in [2.05, 4.69) is 40.8 Å². The average molecular weight is 626 g/mol. The molecule has 6 rings (SSSR count). The fraction of sp³-hybridized carbons (Fsp3) is 0.286. The molecule has 0 spiro atoms. The highest BCUT2D eigenvalue weighted by Gasteiger charge is 2.32. The summed E-state index contributed by atoms with van der Waals surface area (Å²) in [6.45, 7) is 3.14. The lowest BCUT2D eigenvalue weighted by Crippen LogP contribution is -2.44. The Bertz CT molecular complexity index is 1800. The fourth-order valence-corrected chi connectivity index (χ4v) is 6.70. The SMILES string of the molecule is CN1CCN(c2ccc(C(=O)Nc3n[nH]c4c3CN(S(=O)(=O)c3cc(F)cc(F)c3)CC4)c(NC(=O)c3cn[nH]c3)c2)CC1. The Kier molecular flexibility index (Phi) is 7.87. The summed E-state index contributed by atoms with van der Waals surface area (Å²) in [5.41, 5.74) is 2.59. The lowest BCUT2D eigenvalue weighted by molar-refractivity contribution is 0.102. The Hall–Kier alpha value is -4.67. The minimum atomic E-state index is -4.25. The molecule has 0 radical (unpaired) electrons. The number of anilines is 3. The Morgan fingerprint density at radius 3 is 2.41 bits per heavy atom. The van der Waals surface area contributed by atoms with E-state index in [-0.39, 0.29) is 42.1 Å². The molecule has 2 aromatic heterocycles. The van der Waals surface area contributed by atoms with E-state index in [1.165, 1.54) is 12.4 Å². The van der Waals surface area contributed by atoms with E-state index in [0.717, 1.165) is 48.3 Å². The van der Waals surface area contributed by atoms with Gasteiger partial charge in [0.1, 0.15) is 11.6 Å². The van der Waals surface area contributed by atoms with E-state index in [9.17, 15) is 26.8 Å². The lowest BCUT2D eigenvalue weighted by Gasteiger charge is -2.34. The van der Waals surface area contributed by atoms with Gasteiger partial charge in [0.05, 0.1) is 27.9 Å². The second kappa shape index (κ2) is 11.8. The van der Waals surface area contributed by atoms with Crippen LogP contribution in [0.5, 0.6) is 0 Å². The third kappa shape index (κ3) is 5.91. The van der Waals surface area contributed by atoms with Crippen LogP contribution in [-0.2, 0) is 23.0 Å². The first-order chi connectivity index (χ1) is 21.1. The van der Waals surface area contributed by atoms with Crippen LogP contribution < -0.4 is 15.5 Å². The van der Waals surface area contributed by atoms with E-state index in [0.29, 0.717) is 17.3 Å². The van der Waals surface area contributed by atoms with Crippen molar-refractivity contribution in [3.05, 3.63) is 82.8 Å². The van der Waals surface area contributed by atoms with E-state index in [1.807, 2.05) is 7.05 Å². The molecule has 1 saturated heterocycles. The highest BCUT2D eigenvalue weighted by Crippen LogP contribution is 2.31. The van der Waals surface area contributed by atoms with Gasteiger partial charge in [-0.15, -0.1) is 0 Å². The molecule has 2 aromatic carbocycles. The molecule has 0 aliphatic carbocycles. The number of aromatic nitrogens is 4. The Balaban J connectivity index is 1.26. The number of rotatable bonds is 7. The molecule has 0 unspecified atom stereocenters. The average Bonchev–Trinajstić information content (AvgIpc) is 3.68. The van der Waals surface area contributed by atoms with Gasteiger partial charge in [0.2, 0.25) is 10.0 Å². The van der Waals surface area contributed by atoms with Crippen molar-refractivity contribution in [2.45, 2.75) is 17.9 Å². The van der Waals surface area contributed by atoms with Crippen molar-refractivity contribution in [2.75, 3.05) is 55.3 Å². The molecule has 4 aromatic rings. The summed E-state index contributed by atoms with van der Waals surface area (Å²) in [7, 11) is -2.20. The molecule has 13 nitrogen and oxygen atoms in total. The first-order valence-electron chi connectivity index (χ1n) is 13.8. The number of sulfonamides is 1. The number of aromatic amines is 2. The Morgan fingerprint density at radius 2 is 1.70 bits per heavy atom. The van der Waals surface area contributed by atoms with E-state index < -0.39 is 38.4 Å². The van der Waals surface area contributed by atoms with Crippen LogP contribution in [0.3, 0.4) is 0 Å². The maximum absolute atomic E-state index is 13.8. The summed E-state index contributed by atoms with van der Waals surface area (Å²) in [5.74, 6) is -2.96. The molecule has 0 bridgehead atoms. The van der Waals surface area contributed by atoms with Crippen LogP contribution in [0.15, 0.2) is 53.7 Å². The highest BCUT2D eigenvalue weighted by molar-refractivity contribution is 7.89. The van der Waals surface area contributed by atoms with Gasteiger partial charge in [-0.25, -0.2) is 17.2 Å². The minimum Gasteiger partial charge on any atom is -0.369 e. The monoisotopic (exact) mass is 625 g/mol. The minimum absolute atomic E-state index is 0.0426. The molecule has 16 heteroatoms. The number of H-pyrrole nitrogens is 2. The smallest absolute Gasteiger partial charge is 0.258 e. The number of amides is 2. The predicted octanol–water partition coefficient (Wildman–Crippen LogP) is 2.41. The third-order valence-corrected chi connectivity index (χ3v) is 9.55. The number of hydrogen-bond acceptors (Lipinski definition) is 8. The van der Waals surface area contributed by atoms with Crippen LogP contribution in [0, 0.1) is 11.6 Å². The zero-order valence-electron chi connectivity index (χ0n) is 23.6. The maximum Gasteiger partial charge on any atom is 0.258 e. The number of nitrogens with one attached hydrogen (secondary N) is 4. The van der Waals surface area contributed by atoms with Gasteiger partial charge in [-0.1, -0.05) is 0 Å². The molecule has 4 heterocycles. The number of likely N-dealkylation sites (N-methyl/N-ethyl adjacent to an activating group) is 1. The summed E-state index contributed by atoms with van der Waals surface area (Å²) in [6, 6.07) is 7.28. The van der Waals surface area contributed by atoms with Crippen molar-refractivity contribution in [3.8, 4) is 0 Å². The summed E-state index contributed by atoms with van der Waals surface area (Å²) in [5, 5.41) is 19.0. The summed E-state index contributed by atoms with van der Waals surface area (Å²) >= 11 is 0. The zero-order chi connectivity index (χ0) is 31.0. The second-order valence-electron chi connectivity index (χ2n) is 10.6. The molecule has 4 N–H and O–H groups in total. The topological polar surface area (TPSA) is 159 Å². The van der Waals surface area contributed by atoms with Gasteiger partial charge >= 0.3 is 0 Å².